The monoisotopic (exact) mass is 278 g/mol. The van der Waals surface area contributed by atoms with Crippen molar-refractivity contribution < 1.29 is 4.74 Å². The molecular formula is C15H19ClN2O. The first-order valence-corrected chi connectivity index (χ1v) is 6.57. The molecule has 2 aromatic rings. The Morgan fingerprint density at radius 1 is 1.21 bits per heavy atom. The first-order valence-electron chi connectivity index (χ1n) is 6.57. The van der Waals surface area contributed by atoms with Crippen molar-refractivity contribution in [3.8, 4) is 5.75 Å². The molecule has 3 nitrogen and oxygen atoms in total. The predicted molar refractivity (Wildman–Crippen MR) is 80.2 cm³/mol. The van der Waals surface area contributed by atoms with Crippen molar-refractivity contribution in [3.63, 3.8) is 0 Å². The van der Waals surface area contributed by atoms with Gasteiger partial charge in [-0.3, -0.25) is 4.98 Å². The Balaban J connectivity index is 0.00000133. The third kappa shape index (κ3) is 3.17. The van der Waals surface area contributed by atoms with Gasteiger partial charge in [0.25, 0.3) is 0 Å². The lowest BCUT2D eigenvalue weighted by Gasteiger charge is -2.24. The summed E-state index contributed by atoms with van der Waals surface area (Å²) in [4.78, 5) is 4.54. The Kier molecular flexibility index (Phi) is 4.61. The van der Waals surface area contributed by atoms with E-state index >= 15 is 0 Å². The second-order valence-electron chi connectivity index (χ2n) is 4.85. The van der Waals surface area contributed by atoms with Crippen LogP contribution in [0.1, 0.15) is 18.5 Å². The van der Waals surface area contributed by atoms with Crippen molar-refractivity contribution in [2.24, 2.45) is 0 Å². The van der Waals surface area contributed by atoms with Gasteiger partial charge < -0.3 is 10.1 Å². The van der Waals surface area contributed by atoms with Crippen LogP contribution in [0.2, 0.25) is 0 Å². The number of halogens is 1. The summed E-state index contributed by atoms with van der Waals surface area (Å²) in [5.41, 5.74) is 2.03. The van der Waals surface area contributed by atoms with E-state index in [0.717, 1.165) is 48.3 Å². The first-order chi connectivity index (χ1) is 8.83. The summed E-state index contributed by atoms with van der Waals surface area (Å²) in [7, 11) is 0. The van der Waals surface area contributed by atoms with Crippen LogP contribution in [0.5, 0.6) is 5.75 Å². The molecule has 3 rings (SSSR count). The lowest BCUT2D eigenvalue weighted by molar-refractivity contribution is 0.164. The summed E-state index contributed by atoms with van der Waals surface area (Å²) >= 11 is 0. The van der Waals surface area contributed by atoms with Crippen molar-refractivity contribution in [3.05, 3.63) is 36.0 Å². The fraction of sp³-hybridized carbons (Fsp3) is 0.400. The van der Waals surface area contributed by atoms with E-state index in [0.29, 0.717) is 6.10 Å². The molecular weight excluding hydrogens is 260 g/mol. The van der Waals surface area contributed by atoms with Gasteiger partial charge in [-0.2, -0.15) is 0 Å². The zero-order valence-electron chi connectivity index (χ0n) is 11.1. The molecule has 0 spiro atoms. The summed E-state index contributed by atoms with van der Waals surface area (Å²) in [5, 5.41) is 4.47. The third-order valence-corrected chi connectivity index (χ3v) is 3.39. The van der Waals surface area contributed by atoms with Crippen LogP contribution in [0, 0.1) is 6.92 Å². The van der Waals surface area contributed by atoms with Gasteiger partial charge >= 0.3 is 0 Å². The Bertz CT molecular complexity index is 553. The zero-order chi connectivity index (χ0) is 12.4. The lowest BCUT2D eigenvalue weighted by atomic mass is 10.1. The highest BCUT2D eigenvalue weighted by molar-refractivity contribution is 5.85. The maximum Gasteiger partial charge on any atom is 0.130 e. The number of aromatic nitrogens is 1. The van der Waals surface area contributed by atoms with Crippen LogP contribution >= 0.6 is 12.4 Å². The molecule has 4 heteroatoms. The summed E-state index contributed by atoms with van der Waals surface area (Å²) in [5.74, 6) is 0.977. The number of nitrogens with zero attached hydrogens (tertiary/aromatic N) is 1. The highest BCUT2D eigenvalue weighted by Crippen LogP contribution is 2.27. The molecule has 1 fully saturated rings. The molecule has 1 aromatic carbocycles. The average Bonchev–Trinajstić information content (AvgIpc) is 2.40. The smallest absolute Gasteiger partial charge is 0.130 e. The molecule has 0 aliphatic carbocycles. The van der Waals surface area contributed by atoms with Crippen LogP contribution < -0.4 is 10.1 Å². The van der Waals surface area contributed by atoms with Crippen LogP contribution in [0.15, 0.2) is 30.3 Å². The molecule has 0 radical (unpaired) electrons. The molecule has 1 N–H and O–H groups in total. The van der Waals surface area contributed by atoms with E-state index in [9.17, 15) is 0 Å². The quantitative estimate of drug-likeness (QED) is 0.917. The molecule has 1 saturated heterocycles. The number of ether oxygens (including phenoxy) is 1. The number of rotatable bonds is 2. The molecule has 19 heavy (non-hydrogen) atoms. The van der Waals surface area contributed by atoms with E-state index in [1.165, 1.54) is 0 Å². The second-order valence-corrected chi connectivity index (χ2v) is 4.85. The standard InChI is InChI=1S/C15H18N2O.ClH/c1-11-10-15(18-12-6-8-16-9-7-12)13-4-2-3-5-14(13)17-11;/h2-5,10,12,16H,6-9H2,1H3;1H. The van der Waals surface area contributed by atoms with Gasteiger partial charge in [-0.25, -0.2) is 0 Å². The van der Waals surface area contributed by atoms with Gasteiger partial charge in [0.15, 0.2) is 0 Å². The maximum absolute atomic E-state index is 6.17. The van der Waals surface area contributed by atoms with Gasteiger partial charge in [0.05, 0.1) is 5.52 Å². The number of hydrogen-bond acceptors (Lipinski definition) is 3. The van der Waals surface area contributed by atoms with Gasteiger partial charge in [-0.1, -0.05) is 12.1 Å². The first kappa shape index (κ1) is 14.1. The van der Waals surface area contributed by atoms with Crippen molar-refractivity contribution in [2.45, 2.75) is 25.9 Å². The minimum atomic E-state index is 0. The Labute approximate surface area is 119 Å². The molecule has 0 bridgehead atoms. The summed E-state index contributed by atoms with van der Waals surface area (Å²) < 4.78 is 6.17. The molecule has 102 valence electrons. The Morgan fingerprint density at radius 2 is 1.95 bits per heavy atom. The zero-order valence-corrected chi connectivity index (χ0v) is 11.9. The molecule has 2 heterocycles. The van der Waals surface area contributed by atoms with E-state index in [4.69, 9.17) is 4.74 Å². The number of pyridine rings is 1. The number of para-hydroxylation sites is 1. The fourth-order valence-electron chi connectivity index (χ4n) is 2.46. The van der Waals surface area contributed by atoms with E-state index in [1.807, 2.05) is 31.2 Å². The maximum atomic E-state index is 6.17. The molecule has 1 aromatic heterocycles. The third-order valence-electron chi connectivity index (χ3n) is 3.39. The average molecular weight is 279 g/mol. The molecule has 1 aliphatic rings. The molecule has 0 amide bonds. The largest absolute Gasteiger partial charge is 0.490 e. The van der Waals surface area contributed by atoms with E-state index in [1.54, 1.807) is 0 Å². The summed E-state index contributed by atoms with van der Waals surface area (Å²) in [6.45, 7) is 4.11. The molecule has 1 aliphatic heterocycles. The van der Waals surface area contributed by atoms with E-state index < -0.39 is 0 Å². The number of nitrogens with one attached hydrogen (secondary N) is 1. The Morgan fingerprint density at radius 3 is 2.74 bits per heavy atom. The molecule has 0 unspecified atom stereocenters. The summed E-state index contributed by atoms with van der Waals surface area (Å²) in [6, 6.07) is 10.2. The van der Waals surface area contributed by atoms with E-state index in [2.05, 4.69) is 16.4 Å². The van der Waals surface area contributed by atoms with Crippen molar-refractivity contribution in [1.82, 2.24) is 10.3 Å². The SMILES string of the molecule is Cc1cc(OC2CCNCC2)c2ccccc2n1.Cl. The van der Waals surface area contributed by atoms with Crippen molar-refractivity contribution >= 4 is 23.3 Å². The topological polar surface area (TPSA) is 34.1 Å². The normalized spacial score (nSPS) is 16.1. The fourth-order valence-corrected chi connectivity index (χ4v) is 2.46. The van der Waals surface area contributed by atoms with Crippen molar-refractivity contribution in [1.29, 1.82) is 0 Å². The minimum Gasteiger partial charge on any atom is -0.490 e. The van der Waals surface area contributed by atoms with Crippen LogP contribution in [0.25, 0.3) is 10.9 Å². The highest BCUT2D eigenvalue weighted by Gasteiger charge is 2.16. The number of aryl methyl sites for hydroxylation is 1. The number of benzene rings is 1. The van der Waals surface area contributed by atoms with Crippen LogP contribution in [0.4, 0.5) is 0 Å². The van der Waals surface area contributed by atoms with Crippen LogP contribution in [0.3, 0.4) is 0 Å². The Hall–Kier alpha value is -1.32. The second kappa shape index (κ2) is 6.22. The van der Waals surface area contributed by atoms with Gasteiger partial charge in [-0.15, -0.1) is 12.4 Å². The van der Waals surface area contributed by atoms with Crippen LogP contribution in [-0.4, -0.2) is 24.2 Å². The van der Waals surface area contributed by atoms with E-state index in [-0.39, 0.29) is 12.4 Å². The van der Waals surface area contributed by atoms with Crippen molar-refractivity contribution in [2.75, 3.05) is 13.1 Å². The van der Waals surface area contributed by atoms with Crippen LogP contribution in [-0.2, 0) is 0 Å². The number of piperidine rings is 1. The highest BCUT2D eigenvalue weighted by atomic mass is 35.5. The van der Waals surface area contributed by atoms with Gasteiger partial charge in [0.1, 0.15) is 11.9 Å². The minimum absolute atomic E-state index is 0. The summed E-state index contributed by atoms with van der Waals surface area (Å²) in [6.07, 6.45) is 2.49. The predicted octanol–water partition coefficient (Wildman–Crippen LogP) is 3.10. The van der Waals surface area contributed by atoms with Gasteiger partial charge in [-0.05, 0) is 45.0 Å². The van der Waals surface area contributed by atoms with Gasteiger partial charge in [0.2, 0.25) is 0 Å². The molecule has 0 atom stereocenters. The lowest BCUT2D eigenvalue weighted by Crippen LogP contribution is -2.34. The van der Waals surface area contributed by atoms with Gasteiger partial charge in [0, 0.05) is 17.1 Å². The number of hydrogen-bond donors (Lipinski definition) is 1. The number of fused-ring (bicyclic) bond motifs is 1. The molecule has 0 saturated carbocycles.